The summed E-state index contributed by atoms with van der Waals surface area (Å²) in [6.45, 7) is 3.81. The van der Waals surface area contributed by atoms with Crippen LogP contribution in [0.2, 0.25) is 0 Å². The summed E-state index contributed by atoms with van der Waals surface area (Å²) in [6.07, 6.45) is 19.9. The summed E-state index contributed by atoms with van der Waals surface area (Å²) in [4.78, 5) is 38.8. The van der Waals surface area contributed by atoms with Crippen molar-refractivity contribution >= 4 is 35.4 Å². The van der Waals surface area contributed by atoms with E-state index in [4.69, 9.17) is 9.47 Å². The number of carbonyl (C=O) groups excluding carboxylic acids is 2. The van der Waals surface area contributed by atoms with E-state index in [0.717, 1.165) is 83.8 Å². The summed E-state index contributed by atoms with van der Waals surface area (Å²) in [6, 6.07) is 14.9. The van der Waals surface area contributed by atoms with Gasteiger partial charge in [0, 0.05) is 58.1 Å². The minimum atomic E-state index is -1.52. The molecule has 6 aromatic rings. The van der Waals surface area contributed by atoms with Crippen LogP contribution in [0.25, 0.3) is 34.9 Å². The maximum Gasteiger partial charge on any atom is 0.254 e. The van der Waals surface area contributed by atoms with Crippen molar-refractivity contribution in [1.82, 2.24) is 28.9 Å². The number of methoxy groups -OCH3 is 2. The predicted molar refractivity (Wildman–Crippen MR) is 252 cm³/mol. The number of piperidine rings is 2. The molecule has 2 aromatic heterocycles. The molecule has 10 nitrogen and oxygen atoms in total. The Morgan fingerprint density at radius 1 is 0.557 bits per heavy atom. The van der Waals surface area contributed by atoms with E-state index in [9.17, 15) is 35.9 Å². The Balaban J connectivity index is 0.000000174. The van der Waals surface area contributed by atoms with Gasteiger partial charge in [-0.15, -0.1) is 0 Å². The van der Waals surface area contributed by atoms with Crippen LogP contribution in [0.1, 0.15) is 85.0 Å². The molecule has 0 radical (unpaired) electrons. The highest BCUT2D eigenvalue weighted by molar-refractivity contribution is 6.04. The zero-order chi connectivity index (χ0) is 49.4. The lowest BCUT2D eigenvalue weighted by Gasteiger charge is -2.41. The Morgan fingerprint density at radius 3 is 1.29 bits per heavy atom. The quantitative estimate of drug-likeness (QED) is 0.0857. The van der Waals surface area contributed by atoms with Crippen LogP contribution in [-0.2, 0) is 9.59 Å². The number of imidazole rings is 2. The van der Waals surface area contributed by atoms with E-state index < -0.39 is 34.9 Å². The average molecular weight is 959 g/mol. The molecule has 2 atom stereocenters. The molecule has 70 heavy (non-hydrogen) atoms. The maximum absolute atomic E-state index is 13.9. The molecule has 4 aliphatic rings. The highest BCUT2D eigenvalue weighted by atomic mass is 19.2. The highest BCUT2D eigenvalue weighted by Crippen LogP contribution is 2.40. The summed E-state index contributed by atoms with van der Waals surface area (Å²) in [5, 5.41) is 0. The number of ether oxygens (including phenoxy) is 2. The molecule has 2 amide bonds. The molecule has 2 fully saturated rings. The molecule has 6 heterocycles. The van der Waals surface area contributed by atoms with Gasteiger partial charge < -0.3 is 28.4 Å². The minimum Gasteiger partial charge on any atom is -0.495 e. The monoisotopic (exact) mass is 958 g/mol. The van der Waals surface area contributed by atoms with Crippen LogP contribution >= 0.6 is 0 Å². The van der Waals surface area contributed by atoms with Crippen molar-refractivity contribution in [3.8, 4) is 22.9 Å². The topological polar surface area (TPSA) is 94.7 Å². The van der Waals surface area contributed by atoms with E-state index in [1.807, 2.05) is 83.9 Å². The third-order valence-electron chi connectivity index (χ3n) is 13.0. The molecule has 0 spiro atoms. The molecule has 10 rings (SSSR count). The number of aryl methyl sites for hydroxylation is 2. The number of benzene rings is 4. The Kier molecular flexibility index (Phi) is 13.4. The molecule has 0 saturated carbocycles. The molecule has 0 unspecified atom stereocenters. The van der Waals surface area contributed by atoms with Crippen molar-refractivity contribution in [1.29, 1.82) is 0 Å². The first-order valence-corrected chi connectivity index (χ1v) is 22.9. The van der Waals surface area contributed by atoms with Gasteiger partial charge in [0.1, 0.15) is 11.5 Å². The van der Waals surface area contributed by atoms with Crippen molar-refractivity contribution in [3.05, 3.63) is 178 Å². The molecule has 0 N–H and O–H groups in total. The normalized spacial score (nSPS) is 19.1. The number of halogens is 6. The molecule has 4 aromatic carbocycles. The second-order valence-corrected chi connectivity index (χ2v) is 17.6. The number of hydrogen-bond donors (Lipinski definition) is 0. The lowest BCUT2D eigenvalue weighted by atomic mass is 9.88. The first kappa shape index (κ1) is 47.4. The number of nitrogens with zero attached hydrogens (tertiary/aromatic N) is 6. The lowest BCUT2D eigenvalue weighted by Crippen LogP contribution is -2.45. The van der Waals surface area contributed by atoms with E-state index in [-0.39, 0.29) is 35.0 Å². The van der Waals surface area contributed by atoms with Crippen molar-refractivity contribution in [3.63, 3.8) is 0 Å². The van der Waals surface area contributed by atoms with E-state index in [0.29, 0.717) is 59.7 Å². The number of fused-ring (bicyclic) bond motifs is 2. The lowest BCUT2D eigenvalue weighted by molar-refractivity contribution is -0.128. The summed E-state index contributed by atoms with van der Waals surface area (Å²) in [7, 11) is 3.17. The third kappa shape index (κ3) is 9.41. The van der Waals surface area contributed by atoms with Crippen LogP contribution in [-0.4, -0.2) is 67.0 Å². The van der Waals surface area contributed by atoms with Crippen LogP contribution in [0.15, 0.2) is 109 Å². The third-order valence-corrected chi connectivity index (χ3v) is 13.0. The first-order chi connectivity index (χ1) is 33.7. The van der Waals surface area contributed by atoms with Crippen LogP contribution in [0.3, 0.4) is 0 Å². The van der Waals surface area contributed by atoms with E-state index in [1.54, 1.807) is 48.8 Å². The van der Waals surface area contributed by atoms with Gasteiger partial charge in [-0.2, -0.15) is 0 Å². The van der Waals surface area contributed by atoms with Gasteiger partial charge in [0.05, 0.1) is 49.6 Å². The van der Waals surface area contributed by atoms with Crippen molar-refractivity contribution in [2.75, 3.05) is 14.2 Å². The Labute approximate surface area is 400 Å². The Bertz CT molecular complexity index is 2910. The fraction of sp³-hybridized carbons (Fsp3) is 0.259. The molecule has 360 valence electrons. The molecule has 2 saturated heterocycles. The molecule has 16 heteroatoms. The molecular formula is C54H48F6N6O4. The van der Waals surface area contributed by atoms with Crippen molar-refractivity contribution in [2.45, 2.75) is 77.3 Å². The number of aromatic nitrogens is 4. The number of rotatable bonds is 8. The second-order valence-electron chi connectivity index (χ2n) is 17.6. The average Bonchev–Trinajstić information content (AvgIpc) is 4.01. The molecular weight excluding hydrogens is 911 g/mol. The summed E-state index contributed by atoms with van der Waals surface area (Å²) in [5.41, 5.74) is 7.32. The SMILES string of the molecule is COc1cc(/C=C2\CC[C@@H]3CCC=C(c4cc(F)c(F)c(F)c4)N3C2=O)ccc1-n1cnc(C)c1.COc1cc(/C=C2\CC[C@H]3CCC=C(c4cc(F)c(F)c(F)c4)N3C2=O)ccc1-n1cnc(C)c1. The zero-order valence-electron chi connectivity index (χ0n) is 38.8. The Hall–Kier alpha value is -7.62. The summed E-state index contributed by atoms with van der Waals surface area (Å²) >= 11 is 0. The van der Waals surface area contributed by atoms with Gasteiger partial charge in [0.2, 0.25) is 0 Å². The van der Waals surface area contributed by atoms with Crippen LogP contribution in [0.5, 0.6) is 11.5 Å². The van der Waals surface area contributed by atoms with Crippen LogP contribution in [0, 0.1) is 48.8 Å². The van der Waals surface area contributed by atoms with Crippen molar-refractivity contribution < 1.29 is 45.4 Å². The second kappa shape index (κ2) is 19.8. The van der Waals surface area contributed by atoms with Crippen LogP contribution < -0.4 is 9.47 Å². The molecule has 0 bridgehead atoms. The molecule has 4 aliphatic heterocycles. The fourth-order valence-electron chi connectivity index (χ4n) is 9.63. The number of hydrogen-bond acceptors (Lipinski definition) is 6. The van der Waals surface area contributed by atoms with Gasteiger partial charge in [0.15, 0.2) is 34.9 Å². The highest BCUT2D eigenvalue weighted by Gasteiger charge is 2.38. The molecule has 0 aliphatic carbocycles. The van der Waals surface area contributed by atoms with E-state index >= 15 is 0 Å². The van der Waals surface area contributed by atoms with Crippen LogP contribution in [0.4, 0.5) is 26.3 Å². The Morgan fingerprint density at radius 2 is 0.943 bits per heavy atom. The van der Waals surface area contributed by atoms with Gasteiger partial charge >= 0.3 is 0 Å². The minimum absolute atomic E-state index is 0.0720. The van der Waals surface area contributed by atoms with Gasteiger partial charge in [-0.1, -0.05) is 24.3 Å². The van der Waals surface area contributed by atoms with E-state index in [1.165, 1.54) is 0 Å². The maximum atomic E-state index is 13.9. The van der Waals surface area contributed by atoms with E-state index in [2.05, 4.69) is 9.97 Å². The zero-order valence-corrected chi connectivity index (χ0v) is 38.8. The number of amides is 2. The van der Waals surface area contributed by atoms with Gasteiger partial charge in [-0.25, -0.2) is 36.3 Å². The first-order valence-electron chi connectivity index (χ1n) is 22.9. The largest absolute Gasteiger partial charge is 0.495 e. The fourth-order valence-corrected chi connectivity index (χ4v) is 9.63. The summed E-state index contributed by atoms with van der Waals surface area (Å²) in [5.74, 6) is -7.30. The van der Waals surface area contributed by atoms with Gasteiger partial charge in [0.25, 0.3) is 11.8 Å². The number of carbonyl (C=O) groups is 2. The standard InChI is InChI=1S/2C27H24F3N3O2/c2*1-16-14-32(15-31-16)24-9-6-17(11-25(24)35-2)10-18-7-8-20-4-3-5-23(33(20)27(18)34)19-12-21(28)26(30)22(29)13-19/h2*5-6,9-15,20H,3-4,7-8H2,1-2H3/b2*18-10+/t2*20-/m10/s1. The van der Waals surface area contributed by atoms with Gasteiger partial charge in [-0.05, 0) is 137 Å². The summed E-state index contributed by atoms with van der Waals surface area (Å²) < 4.78 is 97.7. The predicted octanol–water partition coefficient (Wildman–Crippen LogP) is 11.6. The van der Waals surface area contributed by atoms with Gasteiger partial charge in [-0.3, -0.25) is 9.59 Å². The smallest absolute Gasteiger partial charge is 0.254 e. The number of allylic oxidation sites excluding steroid dienone is 2. The van der Waals surface area contributed by atoms with Crippen molar-refractivity contribution in [2.24, 2.45) is 0 Å².